The van der Waals surface area contributed by atoms with Crippen molar-refractivity contribution >= 4 is 28.4 Å². The summed E-state index contributed by atoms with van der Waals surface area (Å²) in [6.45, 7) is -0.0673. The van der Waals surface area contributed by atoms with Gasteiger partial charge >= 0.3 is 6.18 Å². The van der Waals surface area contributed by atoms with Gasteiger partial charge in [-0.15, -0.1) is 0 Å². The number of aromatic nitrogens is 2. The Morgan fingerprint density at radius 1 is 1.30 bits per heavy atom. The van der Waals surface area contributed by atoms with E-state index >= 15 is 0 Å². The standard InChI is InChI=1S/C12H9F3IN3O/c13-12(14,15)8-4-2-1-3-7(8)5-17-10-9(16)11(20)19-6-18-10/h1-4,6H,5H2,(H2,17,18,19,20). The van der Waals surface area contributed by atoms with E-state index in [0.29, 0.717) is 3.57 Å². The molecule has 4 nitrogen and oxygen atoms in total. The highest BCUT2D eigenvalue weighted by atomic mass is 127. The molecule has 0 spiro atoms. The van der Waals surface area contributed by atoms with Gasteiger partial charge in [-0.25, -0.2) is 4.98 Å². The van der Waals surface area contributed by atoms with Crippen LogP contribution in [0.5, 0.6) is 0 Å². The van der Waals surface area contributed by atoms with Crippen molar-refractivity contribution in [3.05, 3.63) is 55.6 Å². The SMILES string of the molecule is O=c1[nH]cnc(NCc2ccccc2C(F)(F)F)c1I. The number of halogens is 4. The van der Waals surface area contributed by atoms with Crippen LogP contribution < -0.4 is 10.9 Å². The van der Waals surface area contributed by atoms with Gasteiger partial charge in [-0.3, -0.25) is 4.79 Å². The summed E-state index contributed by atoms with van der Waals surface area (Å²) in [5, 5.41) is 2.74. The van der Waals surface area contributed by atoms with Crippen LogP contribution in [-0.2, 0) is 12.7 Å². The molecule has 0 amide bonds. The number of H-pyrrole nitrogens is 1. The number of nitrogens with zero attached hydrogens (tertiary/aromatic N) is 1. The maximum absolute atomic E-state index is 12.8. The summed E-state index contributed by atoms with van der Waals surface area (Å²) in [5.74, 6) is 0.256. The number of anilines is 1. The third kappa shape index (κ3) is 3.30. The van der Waals surface area contributed by atoms with Gasteiger partial charge in [0.2, 0.25) is 0 Å². The molecular weight excluding hydrogens is 386 g/mol. The van der Waals surface area contributed by atoms with Gasteiger partial charge in [0, 0.05) is 6.54 Å². The molecule has 0 unspecified atom stereocenters. The maximum Gasteiger partial charge on any atom is 0.416 e. The van der Waals surface area contributed by atoms with E-state index in [-0.39, 0.29) is 23.5 Å². The predicted octanol–water partition coefficient (Wildman–Crippen LogP) is 3.01. The third-order valence-electron chi connectivity index (χ3n) is 2.57. The minimum absolute atomic E-state index is 0.0673. The van der Waals surface area contributed by atoms with Gasteiger partial charge in [0.15, 0.2) is 0 Å². The highest BCUT2D eigenvalue weighted by Crippen LogP contribution is 2.32. The van der Waals surface area contributed by atoms with Crippen molar-refractivity contribution in [1.82, 2.24) is 9.97 Å². The normalized spacial score (nSPS) is 11.4. The van der Waals surface area contributed by atoms with Gasteiger partial charge in [-0.1, -0.05) is 18.2 Å². The summed E-state index contributed by atoms with van der Waals surface area (Å²) in [7, 11) is 0. The molecular formula is C12H9F3IN3O. The monoisotopic (exact) mass is 395 g/mol. The smallest absolute Gasteiger partial charge is 0.365 e. The van der Waals surface area contributed by atoms with Crippen LogP contribution in [0, 0.1) is 3.57 Å². The fraction of sp³-hybridized carbons (Fsp3) is 0.167. The quantitative estimate of drug-likeness (QED) is 0.786. The second-order valence-electron chi connectivity index (χ2n) is 3.90. The molecule has 1 aromatic heterocycles. The summed E-state index contributed by atoms with van der Waals surface area (Å²) >= 11 is 1.78. The number of benzene rings is 1. The number of hydrogen-bond acceptors (Lipinski definition) is 3. The van der Waals surface area contributed by atoms with Crippen molar-refractivity contribution in [1.29, 1.82) is 0 Å². The Kier molecular flexibility index (Phi) is 4.31. The number of alkyl halides is 3. The van der Waals surface area contributed by atoms with Crippen LogP contribution in [0.3, 0.4) is 0 Å². The van der Waals surface area contributed by atoms with Crippen molar-refractivity contribution in [2.75, 3.05) is 5.32 Å². The van der Waals surface area contributed by atoms with E-state index < -0.39 is 11.7 Å². The first-order valence-corrected chi connectivity index (χ1v) is 6.59. The van der Waals surface area contributed by atoms with Gasteiger partial charge in [0.05, 0.1) is 11.9 Å². The minimum Gasteiger partial charge on any atom is -0.365 e. The van der Waals surface area contributed by atoms with Crippen molar-refractivity contribution in [3.63, 3.8) is 0 Å². The summed E-state index contributed by atoms with van der Waals surface area (Å²) in [6, 6.07) is 5.27. The Bertz CT molecular complexity index is 669. The van der Waals surface area contributed by atoms with Crippen molar-refractivity contribution < 1.29 is 13.2 Å². The summed E-state index contributed by atoms with van der Waals surface area (Å²) in [6.07, 6.45) is -3.21. The first-order valence-electron chi connectivity index (χ1n) is 5.51. The molecule has 2 N–H and O–H groups in total. The van der Waals surface area contributed by atoms with Crippen LogP contribution in [0.1, 0.15) is 11.1 Å². The van der Waals surface area contributed by atoms with Crippen LogP contribution >= 0.6 is 22.6 Å². The van der Waals surface area contributed by atoms with Gasteiger partial charge in [0.25, 0.3) is 5.56 Å². The molecule has 0 bridgehead atoms. The lowest BCUT2D eigenvalue weighted by molar-refractivity contribution is -0.138. The van der Waals surface area contributed by atoms with Gasteiger partial charge in [-0.2, -0.15) is 13.2 Å². The molecule has 0 saturated carbocycles. The van der Waals surface area contributed by atoms with E-state index in [1.807, 2.05) is 0 Å². The zero-order chi connectivity index (χ0) is 14.8. The van der Waals surface area contributed by atoms with Gasteiger partial charge < -0.3 is 10.3 Å². The van der Waals surface area contributed by atoms with Crippen LogP contribution in [0.25, 0.3) is 0 Å². The Morgan fingerprint density at radius 2 is 2.00 bits per heavy atom. The molecule has 0 aliphatic carbocycles. The Labute approximate surface area is 125 Å². The second kappa shape index (κ2) is 5.81. The van der Waals surface area contributed by atoms with E-state index in [9.17, 15) is 18.0 Å². The molecule has 2 aromatic rings. The lowest BCUT2D eigenvalue weighted by Crippen LogP contribution is -2.16. The van der Waals surface area contributed by atoms with Crippen molar-refractivity contribution in [3.8, 4) is 0 Å². The van der Waals surface area contributed by atoms with E-state index in [4.69, 9.17) is 0 Å². The van der Waals surface area contributed by atoms with Gasteiger partial charge in [0.1, 0.15) is 9.39 Å². The lowest BCUT2D eigenvalue weighted by Gasteiger charge is -2.13. The van der Waals surface area contributed by atoms with E-state index in [2.05, 4.69) is 15.3 Å². The fourth-order valence-corrected chi connectivity index (χ4v) is 2.12. The average Bonchev–Trinajstić information content (AvgIpc) is 2.40. The largest absolute Gasteiger partial charge is 0.416 e. The Hall–Kier alpha value is -1.58. The molecule has 1 aromatic carbocycles. The predicted molar refractivity (Wildman–Crippen MR) is 76.3 cm³/mol. The summed E-state index contributed by atoms with van der Waals surface area (Å²) in [4.78, 5) is 17.6. The first-order chi connectivity index (χ1) is 9.39. The van der Waals surface area contributed by atoms with Gasteiger partial charge in [-0.05, 0) is 34.2 Å². The number of aromatic amines is 1. The molecule has 1 heterocycles. The molecule has 0 saturated heterocycles. The average molecular weight is 395 g/mol. The highest BCUT2D eigenvalue weighted by Gasteiger charge is 2.32. The summed E-state index contributed by atoms with van der Waals surface area (Å²) in [5.41, 5.74) is -0.947. The highest BCUT2D eigenvalue weighted by molar-refractivity contribution is 14.1. The molecule has 0 aliphatic heterocycles. The molecule has 0 radical (unpaired) electrons. The lowest BCUT2D eigenvalue weighted by atomic mass is 10.1. The third-order valence-corrected chi connectivity index (χ3v) is 3.57. The molecule has 0 fully saturated rings. The van der Waals surface area contributed by atoms with E-state index in [1.54, 1.807) is 22.6 Å². The summed E-state index contributed by atoms with van der Waals surface area (Å²) < 4.78 is 38.8. The molecule has 8 heteroatoms. The Balaban J connectivity index is 2.24. The van der Waals surface area contributed by atoms with Crippen molar-refractivity contribution in [2.24, 2.45) is 0 Å². The number of rotatable bonds is 3. The van der Waals surface area contributed by atoms with E-state index in [1.165, 1.54) is 24.5 Å². The Morgan fingerprint density at radius 3 is 2.70 bits per heavy atom. The van der Waals surface area contributed by atoms with E-state index in [0.717, 1.165) is 6.07 Å². The van der Waals surface area contributed by atoms with Crippen LogP contribution in [-0.4, -0.2) is 9.97 Å². The van der Waals surface area contributed by atoms with Crippen LogP contribution in [0.15, 0.2) is 35.4 Å². The number of nitrogens with one attached hydrogen (secondary N) is 2. The minimum atomic E-state index is -4.41. The van der Waals surface area contributed by atoms with Crippen LogP contribution in [0.4, 0.5) is 19.0 Å². The molecule has 2 rings (SSSR count). The first kappa shape index (κ1) is 14.8. The maximum atomic E-state index is 12.8. The molecule has 20 heavy (non-hydrogen) atoms. The molecule has 0 atom stereocenters. The number of hydrogen-bond donors (Lipinski definition) is 2. The van der Waals surface area contributed by atoms with Crippen LogP contribution in [0.2, 0.25) is 0 Å². The topological polar surface area (TPSA) is 57.8 Å². The molecule has 0 aliphatic rings. The van der Waals surface area contributed by atoms with Crippen molar-refractivity contribution in [2.45, 2.75) is 12.7 Å². The fourth-order valence-electron chi connectivity index (χ4n) is 1.64. The molecule has 106 valence electrons. The zero-order valence-electron chi connectivity index (χ0n) is 9.96. The second-order valence-corrected chi connectivity index (χ2v) is 4.98. The zero-order valence-corrected chi connectivity index (χ0v) is 12.1.